The van der Waals surface area contributed by atoms with Gasteiger partial charge in [0.2, 0.25) is 5.43 Å². The summed E-state index contributed by atoms with van der Waals surface area (Å²) in [7, 11) is 1.70. The van der Waals surface area contributed by atoms with Gasteiger partial charge in [-0.05, 0) is 24.3 Å². The van der Waals surface area contributed by atoms with Crippen LogP contribution in [-0.4, -0.2) is 15.7 Å². The predicted octanol–water partition coefficient (Wildman–Crippen LogP) is 1.46. The first-order valence-electron chi connectivity index (χ1n) is 6.43. The van der Waals surface area contributed by atoms with Gasteiger partial charge in [-0.25, -0.2) is 0 Å². The van der Waals surface area contributed by atoms with Gasteiger partial charge in [-0.15, -0.1) is 0 Å². The molecule has 0 radical (unpaired) electrons. The second kappa shape index (κ2) is 5.24. The molecule has 0 saturated carbocycles. The molecule has 0 atom stereocenters. The molecule has 3 aromatic rings. The molecule has 6 nitrogen and oxygen atoms in total. The summed E-state index contributed by atoms with van der Waals surface area (Å²) in [6.45, 7) is 0.212. The van der Waals surface area contributed by atoms with Gasteiger partial charge in [0.05, 0.1) is 18.3 Å². The molecule has 0 aliphatic carbocycles. The number of benzene rings is 1. The summed E-state index contributed by atoms with van der Waals surface area (Å²) >= 11 is 0. The highest BCUT2D eigenvalue weighted by molar-refractivity contribution is 5.95. The predicted molar refractivity (Wildman–Crippen MR) is 76.9 cm³/mol. The smallest absolute Gasteiger partial charge is 0.276 e. The fourth-order valence-corrected chi connectivity index (χ4v) is 2.14. The fourth-order valence-electron chi connectivity index (χ4n) is 2.14. The van der Waals surface area contributed by atoms with Crippen LogP contribution in [0.1, 0.15) is 16.2 Å². The van der Waals surface area contributed by atoms with Crippen molar-refractivity contribution in [2.45, 2.75) is 6.54 Å². The Morgan fingerprint density at radius 3 is 2.86 bits per heavy atom. The number of aromatic nitrogens is 2. The van der Waals surface area contributed by atoms with Crippen molar-refractivity contribution >= 4 is 16.8 Å². The third-order valence-electron chi connectivity index (χ3n) is 3.18. The normalized spacial score (nSPS) is 10.7. The standard InChI is InChI=1S/C15H13N3O3/c1-18-12-7-3-2-6-11(12)14(19)13(17-18)15(20)16-9-10-5-4-8-21-10/h2-8H,9H2,1H3,(H,16,20). The lowest BCUT2D eigenvalue weighted by molar-refractivity contribution is 0.0940. The summed E-state index contributed by atoms with van der Waals surface area (Å²) in [6, 6.07) is 10.5. The zero-order valence-corrected chi connectivity index (χ0v) is 11.4. The minimum Gasteiger partial charge on any atom is -0.467 e. The number of carbonyl (C=O) groups is 1. The second-order valence-electron chi connectivity index (χ2n) is 4.58. The number of nitrogens with one attached hydrogen (secondary N) is 1. The van der Waals surface area contributed by atoms with E-state index in [9.17, 15) is 9.59 Å². The largest absolute Gasteiger partial charge is 0.467 e. The van der Waals surface area contributed by atoms with Gasteiger partial charge in [-0.1, -0.05) is 12.1 Å². The monoisotopic (exact) mass is 283 g/mol. The van der Waals surface area contributed by atoms with Crippen LogP contribution in [-0.2, 0) is 13.6 Å². The van der Waals surface area contributed by atoms with Crippen molar-refractivity contribution in [1.29, 1.82) is 0 Å². The molecule has 0 saturated heterocycles. The lowest BCUT2D eigenvalue weighted by Gasteiger charge is -2.07. The number of carbonyl (C=O) groups excluding carboxylic acids is 1. The maximum atomic E-state index is 12.3. The average molecular weight is 283 g/mol. The van der Waals surface area contributed by atoms with Crippen molar-refractivity contribution in [3.05, 3.63) is 64.3 Å². The van der Waals surface area contributed by atoms with Crippen molar-refractivity contribution in [3.63, 3.8) is 0 Å². The van der Waals surface area contributed by atoms with Crippen LogP contribution in [0.2, 0.25) is 0 Å². The molecule has 1 aromatic carbocycles. The topological polar surface area (TPSA) is 77.1 Å². The highest BCUT2D eigenvalue weighted by Crippen LogP contribution is 2.08. The van der Waals surface area contributed by atoms with E-state index >= 15 is 0 Å². The lowest BCUT2D eigenvalue weighted by atomic mass is 10.2. The van der Waals surface area contributed by atoms with Gasteiger partial charge in [0, 0.05) is 12.4 Å². The van der Waals surface area contributed by atoms with Gasteiger partial charge in [0.1, 0.15) is 5.76 Å². The molecule has 0 spiro atoms. The Hall–Kier alpha value is -2.89. The van der Waals surface area contributed by atoms with Crippen molar-refractivity contribution in [1.82, 2.24) is 15.1 Å². The molecule has 0 bridgehead atoms. The van der Waals surface area contributed by atoms with Gasteiger partial charge in [-0.3, -0.25) is 14.3 Å². The van der Waals surface area contributed by atoms with Crippen LogP contribution in [0.3, 0.4) is 0 Å². The highest BCUT2D eigenvalue weighted by Gasteiger charge is 2.16. The van der Waals surface area contributed by atoms with Crippen LogP contribution in [0.5, 0.6) is 0 Å². The number of furan rings is 1. The molecule has 0 fully saturated rings. The van der Waals surface area contributed by atoms with Gasteiger partial charge < -0.3 is 9.73 Å². The second-order valence-corrected chi connectivity index (χ2v) is 4.58. The summed E-state index contributed by atoms with van der Waals surface area (Å²) in [5.41, 5.74) is 0.188. The summed E-state index contributed by atoms with van der Waals surface area (Å²) in [5, 5.41) is 7.16. The maximum Gasteiger partial charge on any atom is 0.276 e. The molecule has 3 rings (SSSR count). The van der Waals surface area contributed by atoms with E-state index in [1.807, 2.05) is 6.07 Å². The van der Waals surface area contributed by atoms with E-state index in [0.717, 1.165) is 0 Å². The van der Waals surface area contributed by atoms with Gasteiger partial charge in [-0.2, -0.15) is 5.10 Å². The number of nitrogens with zero attached hydrogens (tertiary/aromatic N) is 2. The van der Waals surface area contributed by atoms with Gasteiger partial charge >= 0.3 is 0 Å². The van der Waals surface area contributed by atoms with Gasteiger partial charge in [0.15, 0.2) is 5.69 Å². The first kappa shape index (κ1) is 13.1. The van der Waals surface area contributed by atoms with E-state index in [-0.39, 0.29) is 17.7 Å². The van der Waals surface area contributed by atoms with Crippen molar-refractivity contribution < 1.29 is 9.21 Å². The van der Waals surface area contributed by atoms with Gasteiger partial charge in [0.25, 0.3) is 5.91 Å². The molecule has 21 heavy (non-hydrogen) atoms. The van der Waals surface area contributed by atoms with Crippen LogP contribution in [0, 0.1) is 0 Å². The summed E-state index contributed by atoms with van der Waals surface area (Å²) in [5.74, 6) is 0.0960. The molecule has 0 aliphatic heterocycles. The first-order valence-corrected chi connectivity index (χ1v) is 6.43. The SMILES string of the molecule is Cn1nc(C(=O)NCc2ccco2)c(=O)c2ccccc21. The molecule has 1 N–H and O–H groups in total. The summed E-state index contributed by atoms with van der Waals surface area (Å²) in [4.78, 5) is 24.5. The number of fused-ring (bicyclic) bond motifs is 1. The minimum atomic E-state index is -0.516. The van der Waals surface area contributed by atoms with Crippen LogP contribution >= 0.6 is 0 Å². The van der Waals surface area contributed by atoms with Crippen molar-refractivity contribution in [3.8, 4) is 0 Å². The lowest BCUT2D eigenvalue weighted by Crippen LogP contribution is -2.31. The maximum absolute atomic E-state index is 12.3. The average Bonchev–Trinajstić information content (AvgIpc) is 3.02. The summed E-state index contributed by atoms with van der Waals surface area (Å²) < 4.78 is 6.65. The van der Waals surface area contributed by atoms with E-state index in [2.05, 4.69) is 10.4 Å². The number of aryl methyl sites for hydroxylation is 1. The van der Waals surface area contributed by atoms with E-state index in [1.165, 1.54) is 10.9 Å². The van der Waals surface area contributed by atoms with Crippen molar-refractivity contribution in [2.75, 3.05) is 0 Å². The van der Waals surface area contributed by atoms with Crippen LogP contribution in [0.25, 0.3) is 10.9 Å². The number of amides is 1. The number of para-hydroxylation sites is 1. The van der Waals surface area contributed by atoms with Crippen LogP contribution in [0.15, 0.2) is 51.9 Å². The molecule has 0 aliphatic rings. The molecule has 106 valence electrons. The first-order chi connectivity index (χ1) is 10.2. The minimum absolute atomic E-state index is 0.122. The Morgan fingerprint density at radius 2 is 2.10 bits per heavy atom. The zero-order chi connectivity index (χ0) is 14.8. The molecular weight excluding hydrogens is 270 g/mol. The number of hydrogen-bond acceptors (Lipinski definition) is 4. The highest BCUT2D eigenvalue weighted by atomic mass is 16.3. The molecule has 0 unspecified atom stereocenters. The number of rotatable bonds is 3. The van der Waals surface area contributed by atoms with Crippen LogP contribution in [0.4, 0.5) is 0 Å². The third kappa shape index (κ3) is 2.43. The van der Waals surface area contributed by atoms with E-state index in [1.54, 1.807) is 37.4 Å². The third-order valence-corrected chi connectivity index (χ3v) is 3.18. The Morgan fingerprint density at radius 1 is 1.29 bits per heavy atom. The fraction of sp³-hybridized carbons (Fsp3) is 0.133. The quantitative estimate of drug-likeness (QED) is 0.789. The molecular formula is C15H13N3O3. The Labute approximate surface area is 120 Å². The van der Waals surface area contributed by atoms with E-state index in [4.69, 9.17) is 4.42 Å². The molecule has 1 amide bonds. The van der Waals surface area contributed by atoms with E-state index in [0.29, 0.717) is 16.7 Å². The van der Waals surface area contributed by atoms with Crippen LogP contribution < -0.4 is 10.7 Å². The van der Waals surface area contributed by atoms with E-state index < -0.39 is 5.91 Å². The Balaban J connectivity index is 1.95. The zero-order valence-electron chi connectivity index (χ0n) is 11.4. The number of hydrogen-bond donors (Lipinski definition) is 1. The Bertz CT molecular complexity index is 850. The van der Waals surface area contributed by atoms with Crippen molar-refractivity contribution in [2.24, 2.45) is 7.05 Å². The molecule has 6 heteroatoms. The Kier molecular flexibility index (Phi) is 3.27. The molecule has 2 heterocycles. The summed E-state index contributed by atoms with van der Waals surface area (Å²) in [6.07, 6.45) is 1.52. The molecule has 2 aromatic heterocycles.